The number of fused-ring (bicyclic) bond motifs is 3. The summed E-state index contributed by atoms with van der Waals surface area (Å²) < 4.78 is 15.6. The van der Waals surface area contributed by atoms with Gasteiger partial charge in [-0.05, 0) is 69.9 Å². The van der Waals surface area contributed by atoms with Gasteiger partial charge in [0.2, 0.25) is 0 Å². The molecule has 0 aliphatic carbocycles. The van der Waals surface area contributed by atoms with E-state index in [2.05, 4.69) is 49.6 Å². The number of aryl methyl sites for hydroxylation is 4. The van der Waals surface area contributed by atoms with E-state index < -0.39 is 0 Å². The average Bonchev–Trinajstić information content (AvgIpc) is 3.39. The van der Waals surface area contributed by atoms with E-state index in [0.29, 0.717) is 13.2 Å². The van der Waals surface area contributed by atoms with Crippen LogP contribution in [0.5, 0.6) is 11.5 Å². The van der Waals surface area contributed by atoms with Gasteiger partial charge in [-0.2, -0.15) is 0 Å². The zero-order valence-electron chi connectivity index (χ0n) is 21.0. The summed E-state index contributed by atoms with van der Waals surface area (Å²) in [6.07, 6.45) is 2.62. The molecule has 7 heteroatoms. The molecule has 0 saturated carbocycles. The fraction of sp³-hybridized carbons (Fsp3) is 0.321. The maximum Gasteiger partial charge on any atom is 0.182 e. The van der Waals surface area contributed by atoms with Gasteiger partial charge in [0.05, 0.1) is 18.6 Å². The summed E-state index contributed by atoms with van der Waals surface area (Å²) in [5.41, 5.74) is 7.54. The first-order chi connectivity index (χ1) is 17.0. The minimum atomic E-state index is 0.604. The molecular weight excluding hydrogens is 438 g/mol. The topological polar surface area (TPSA) is 66.5 Å². The lowest BCUT2D eigenvalue weighted by atomic mass is 10.1. The van der Waals surface area contributed by atoms with Crippen LogP contribution in [0.2, 0.25) is 0 Å². The molecule has 0 radical (unpaired) electrons. The third-order valence-electron chi connectivity index (χ3n) is 6.56. The van der Waals surface area contributed by atoms with Crippen molar-refractivity contribution in [2.45, 2.75) is 47.6 Å². The average molecular weight is 470 g/mol. The highest BCUT2D eigenvalue weighted by atomic mass is 16.5. The Bertz CT molecular complexity index is 1520. The van der Waals surface area contributed by atoms with Crippen LogP contribution < -0.4 is 9.47 Å². The van der Waals surface area contributed by atoms with Crippen molar-refractivity contribution in [1.82, 2.24) is 24.1 Å². The van der Waals surface area contributed by atoms with Gasteiger partial charge in [0, 0.05) is 17.8 Å². The first-order valence-electron chi connectivity index (χ1n) is 12.2. The number of benzene rings is 2. The van der Waals surface area contributed by atoms with E-state index in [1.807, 2.05) is 32.0 Å². The van der Waals surface area contributed by atoms with Crippen LogP contribution in [0.15, 0.2) is 48.8 Å². The number of ether oxygens (including phenoxy) is 2. The Morgan fingerprint density at radius 3 is 2.43 bits per heavy atom. The largest absolute Gasteiger partial charge is 0.490 e. The summed E-state index contributed by atoms with van der Waals surface area (Å²) in [5.74, 6) is 2.31. The molecular formula is C28H31N5O2. The number of hydrogen-bond acceptors (Lipinski definition) is 5. The maximum atomic E-state index is 5.81. The Morgan fingerprint density at radius 1 is 0.886 bits per heavy atom. The molecule has 0 aliphatic rings. The molecule has 35 heavy (non-hydrogen) atoms. The van der Waals surface area contributed by atoms with Gasteiger partial charge in [-0.1, -0.05) is 30.3 Å². The van der Waals surface area contributed by atoms with E-state index in [0.717, 1.165) is 58.1 Å². The molecule has 5 aromatic rings. The summed E-state index contributed by atoms with van der Waals surface area (Å²) in [7, 11) is 0. The highest BCUT2D eigenvalue weighted by molar-refractivity contribution is 5.94. The molecule has 3 heterocycles. The molecule has 0 amide bonds. The van der Waals surface area contributed by atoms with Crippen LogP contribution in [0.1, 0.15) is 36.2 Å². The monoisotopic (exact) mass is 469 g/mol. The van der Waals surface area contributed by atoms with Crippen LogP contribution in [-0.4, -0.2) is 37.4 Å². The van der Waals surface area contributed by atoms with Crippen LogP contribution in [0.25, 0.3) is 28.1 Å². The van der Waals surface area contributed by atoms with Gasteiger partial charge < -0.3 is 14.0 Å². The van der Waals surface area contributed by atoms with Crippen molar-refractivity contribution in [1.29, 1.82) is 0 Å². The SMILES string of the molecule is CCOc1ccc(CCn2c(C)c(C)c3c2ncn2nc(-c4ccccc4C)nc32)cc1OCC. The van der Waals surface area contributed by atoms with Crippen molar-refractivity contribution in [2.75, 3.05) is 13.2 Å². The molecule has 0 aliphatic heterocycles. The van der Waals surface area contributed by atoms with E-state index >= 15 is 0 Å². The lowest BCUT2D eigenvalue weighted by Gasteiger charge is -2.13. The van der Waals surface area contributed by atoms with E-state index in [9.17, 15) is 0 Å². The summed E-state index contributed by atoms with van der Waals surface area (Å²) in [6, 6.07) is 14.4. The second-order valence-corrected chi connectivity index (χ2v) is 8.72. The Morgan fingerprint density at radius 2 is 1.66 bits per heavy atom. The van der Waals surface area contributed by atoms with E-state index in [-0.39, 0.29) is 0 Å². The molecule has 0 saturated heterocycles. The van der Waals surface area contributed by atoms with E-state index in [4.69, 9.17) is 24.5 Å². The second kappa shape index (κ2) is 9.41. The quantitative estimate of drug-likeness (QED) is 0.291. The molecule has 5 rings (SSSR count). The number of rotatable bonds is 8. The van der Waals surface area contributed by atoms with Crippen LogP contribution in [0.3, 0.4) is 0 Å². The van der Waals surface area contributed by atoms with Crippen LogP contribution >= 0.6 is 0 Å². The fourth-order valence-corrected chi connectivity index (χ4v) is 4.63. The smallest absolute Gasteiger partial charge is 0.182 e. The normalized spacial score (nSPS) is 11.5. The Balaban J connectivity index is 1.51. The maximum absolute atomic E-state index is 5.81. The minimum Gasteiger partial charge on any atom is -0.490 e. The van der Waals surface area contributed by atoms with Gasteiger partial charge in [-0.3, -0.25) is 0 Å². The molecule has 0 unspecified atom stereocenters. The van der Waals surface area contributed by atoms with Crippen LogP contribution in [0.4, 0.5) is 0 Å². The number of hydrogen-bond donors (Lipinski definition) is 0. The fourth-order valence-electron chi connectivity index (χ4n) is 4.63. The van der Waals surface area contributed by atoms with Crippen molar-refractivity contribution in [2.24, 2.45) is 0 Å². The van der Waals surface area contributed by atoms with Crippen molar-refractivity contribution >= 4 is 16.7 Å². The predicted molar refractivity (Wildman–Crippen MR) is 138 cm³/mol. The van der Waals surface area contributed by atoms with Crippen molar-refractivity contribution in [3.05, 3.63) is 71.2 Å². The molecule has 7 nitrogen and oxygen atoms in total. The third-order valence-corrected chi connectivity index (χ3v) is 6.56. The van der Waals surface area contributed by atoms with Gasteiger partial charge in [0.1, 0.15) is 12.0 Å². The molecule has 180 valence electrons. The summed E-state index contributed by atoms with van der Waals surface area (Å²) in [5, 5.41) is 5.78. The summed E-state index contributed by atoms with van der Waals surface area (Å²) >= 11 is 0. The zero-order valence-corrected chi connectivity index (χ0v) is 21.0. The standard InChI is InChI=1S/C28H31N5O2/c1-6-34-23-13-12-21(16-24(23)35-7-2)14-15-32-20(5)19(4)25-27(32)29-17-33-28(25)30-26(31-33)22-11-9-8-10-18(22)3/h8-13,16-17H,6-7,14-15H2,1-5H3. The molecule has 2 aromatic carbocycles. The van der Waals surface area contributed by atoms with Gasteiger partial charge >= 0.3 is 0 Å². The molecule has 0 spiro atoms. The predicted octanol–water partition coefficient (Wildman–Crippen LogP) is 5.71. The van der Waals surface area contributed by atoms with Gasteiger partial charge in [-0.25, -0.2) is 14.5 Å². The molecule has 0 N–H and O–H groups in total. The lowest BCUT2D eigenvalue weighted by Crippen LogP contribution is -2.05. The lowest BCUT2D eigenvalue weighted by molar-refractivity contribution is 0.287. The van der Waals surface area contributed by atoms with Gasteiger partial charge in [0.25, 0.3) is 0 Å². The first kappa shape index (κ1) is 22.9. The Hall–Kier alpha value is -3.87. The molecule has 0 atom stereocenters. The van der Waals surface area contributed by atoms with Crippen LogP contribution in [-0.2, 0) is 13.0 Å². The highest BCUT2D eigenvalue weighted by Crippen LogP contribution is 2.31. The molecule has 3 aromatic heterocycles. The molecule has 0 fully saturated rings. The van der Waals surface area contributed by atoms with E-state index in [1.165, 1.54) is 16.8 Å². The Kier molecular flexibility index (Phi) is 6.16. The van der Waals surface area contributed by atoms with Gasteiger partial charge in [0.15, 0.2) is 23.0 Å². The number of aromatic nitrogens is 5. The van der Waals surface area contributed by atoms with Gasteiger partial charge in [-0.15, -0.1) is 5.10 Å². The summed E-state index contributed by atoms with van der Waals surface area (Å²) in [6.45, 7) is 12.4. The molecule has 0 bridgehead atoms. The zero-order chi connectivity index (χ0) is 24.5. The van der Waals surface area contributed by atoms with Crippen LogP contribution in [0, 0.1) is 20.8 Å². The van der Waals surface area contributed by atoms with E-state index in [1.54, 1.807) is 10.8 Å². The third kappa shape index (κ3) is 4.11. The minimum absolute atomic E-state index is 0.604. The second-order valence-electron chi connectivity index (χ2n) is 8.72. The highest BCUT2D eigenvalue weighted by Gasteiger charge is 2.19. The number of nitrogens with zero attached hydrogens (tertiary/aromatic N) is 5. The Labute approximate surface area is 205 Å². The van der Waals surface area contributed by atoms with Crippen molar-refractivity contribution < 1.29 is 9.47 Å². The van der Waals surface area contributed by atoms with Crippen molar-refractivity contribution in [3.8, 4) is 22.9 Å². The summed E-state index contributed by atoms with van der Waals surface area (Å²) in [4.78, 5) is 9.73. The first-order valence-corrected chi connectivity index (χ1v) is 12.2. The van der Waals surface area contributed by atoms with Crippen molar-refractivity contribution in [3.63, 3.8) is 0 Å².